The van der Waals surface area contributed by atoms with Crippen molar-refractivity contribution in [2.75, 3.05) is 4.90 Å². The molecule has 9 aromatic rings. The van der Waals surface area contributed by atoms with Crippen LogP contribution in [-0.4, -0.2) is 0 Å². The second kappa shape index (κ2) is 13.8. The average molecular weight is 666 g/mol. The van der Waals surface area contributed by atoms with Crippen molar-refractivity contribution in [2.24, 2.45) is 0 Å². The molecule has 0 spiro atoms. The van der Waals surface area contributed by atoms with E-state index in [0.717, 1.165) is 61.6 Å². The fraction of sp³-hybridized carbons (Fsp3) is 0. The van der Waals surface area contributed by atoms with E-state index in [0.29, 0.717) is 0 Å². The molecule has 2 nitrogen and oxygen atoms in total. The molecule has 0 fully saturated rings. The summed E-state index contributed by atoms with van der Waals surface area (Å²) in [7, 11) is 0. The van der Waals surface area contributed by atoms with Crippen LogP contribution in [0.25, 0.3) is 66.8 Å². The molecule has 0 saturated carbocycles. The zero-order valence-corrected chi connectivity index (χ0v) is 28.6. The highest BCUT2D eigenvalue weighted by Crippen LogP contribution is 2.45. The number of hydrogen-bond acceptors (Lipinski definition) is 2. The van der Waals surface area contributed by atoms with Crippen LogP contribution >= 0.6 is 0 Å². The summed E-state index contributed by atoms with van der Waals surface area (Å²) in [5.74, 6) is 0.861. The molecule has 246 valence electrons. The lowest BCUT2D eigenvalue weighted by molar-refractivity contribution is 0.632. The standard InChI is InChI=1S/C50H35NO/c1-4-15-36(16-5-1)37-27-29-38(30-28-37)39-31-33-43(34-32-39)51(47-25-12-10-23-45(47)40-17-6-2-7-18-40)44-22-14-21-42(35-44)50-49(41-19-8-3-9-20-41)46-24-11-13-26-48(46)52-50/h1-35H. The van der Waals surface area contributed by atoms with Gasteiger partial charge in [0.05, 0.1) is 5.69 Å². The molecule has 0 N–H and O–H groups in total. The van der Waals surface area contributed by atoms with Gasteiger partial charge in [0.15, 0.2) is 0 Å². The molecule has 1 aromatic heterocycles. The number of furan rings is 1. The van der Waals surface area contributed by atoms with Crippen molar-refractivity contribution in [3.05, 3.63) is 212 Å². The van der Waals surface area contributed by atoms with Gasteiger partial charge in [-0.2, -0.15) is 0 Å². The Morgan fingerprint density at radius 2 is 0.827 bits per heavy atom. The lowest BCUT2D eigenvalue weighted by Crippen LogP contribution is -2.11. The maximum Gasteiger partial charge on any atom is 0.143 e. The highest BCUT2D eigenvalue weighted by atomic mass is 16.3. The lowest BCUT2D eigenvalue weighted by atomic mass is 9.97. The summed E-state index contributed by atoms with van der Waals surface area (Å²) >= 11 is 0. The first-order valence-electron chi connectivity index (χ1n) is 17.7. The number of benzene rings is 8. The van der Waals surface area contributed by atoms with E-state index in [2.05, 4.69) is 205 Å². The van der Waals surface area contributed by atoms with E-state index < -0.39 is 0 Å². The quantitative estimate of drug-likeness (QED) is 0.161. The van der Waals surface area contributed by atoms with E-state index >= 15 is 0 Å². The highest BCUT2D eigenvalue weighted by Gasteiger charge is 2.21. The van der Waals surface area contributed by atoms with Crippen molar-refractivity contribution in [3.8, 4) is 55.8 Å². The van der Waals surface area contributed by atoms with Gasteiger partial charge in [-0.05, 0) is 69.8 Å². The van der Waals surface area contributed by atoms with Gasteiger partial charge in [-0.25, -0.2) is 0 Å². The largest absolute Gasteiger partial charge is 0.455 e. The molecule has 52 heavy (non-hydrogen) atoms. The van der Waals surface area contributed by atoms with E-state index in [9.17, 15) is 0 Å². The van der Waals surface area contributed by atoms with Crippen LogP contribution in [0.2, 0.25) is 0 Å². The van der Waals surface area contributed by atoms with Crippen LogP contribution in [0.15, 0.2) is 217 Å². The highest BCUT2D eigenvalue weighted by molar-refractivity contribution is 6.02. The first-order valence-corrected chi connectivity index (χ1v) is 17.7. The third kappa shape index (κ3) is 5.97. The molecule has 0 aliphatic heterocycles. The number of fused-ring (bicyclic) bond motifs is 1. The zero-order valence-electron chi connectivity index (χ0n) is 28.6. The van der Waals surface area contributed by atoms with Crippen molar-refractivity contribution in [1.29, 1.82) is 0 Å². The molecule has 1 heterocycles. The Labute approximate surface area is 304 Å². The normalized spacial score (nSPS) is 11.1. The Kier molecular flexibility index (Phi) is 8.24. The number of hydrogen-bond donors (Lipinski definition) is 0. The van der Waals surface area contributed by atoms with Crippen LogP contribution in [0.1, 0.15) is 0 Å². The molecule has 2 heteroatoms. The number of nitrogens with zero attached hydrogens (tertiary/aromatic N) is 1. The summed E-state index contributed by atoms with van der Waals surface area (Å²) in [6.07, 6.45) is 0. The zero-order chi connectivity index (χ0) is 34.7. The molecule has 0 aliphatic carbocycles. The van der Waals surface area contributed by atoms with Crippen LogP contribution in [0, 0.1) is 0 Å². The Hall–Kier alpha value is -6.90. The number of anilines is 3. The molecule has 0 unspecified atom stereocenters. The summed E-state index contributed by atoms with van der Waals surface area (Å²) < 4.78 is 6.66. The second-order valence-electron chi connectivity index (χ2n) is 12.9. The first-order chi connectivity index (χ1) is 25.8. The van der Waals surface area contributed by atoms with Crippen molar-refractivity contribution in [3.63, 3.8) is 0 Å². The van der Waals surface area contributed by atoms with Gasteiger partial charge >= 0.3 is 0 Å². The van der Waals surface area contributed by atoms with Crippen molar-refractivity contribution in [2.45, 2.75) is 0 Å². The van der Waals surface area contributed by atoms with E-state index in [1.807, 2.05) is 12.1 Å². The van der Waals surface area contributed by atoms with Crippen LogP contribution < -0.4 is 4.90 Å². The Morgan fingerprint density at radius 3 is 1.50 bits per heavy atom. The van der Waals surface area contributed by atoms with Crippen LogP contribution in [0.3, 0.4) is 0 Å². The minimum atomic E-state index is 0.861. The Morgan fingerprint density at radius 1 is 0.327 bits per heavy atom. The van der Waals surface area contributed by atoms with Crippen molar-refractivity contribution in [1.82, 2.24) is 0 Å². The minimum absolute atomic E-state index is 0.861. The smallest absolute Gasteiger partial charge is 0.143 e. The monoisotopic (exact) mass is 665 g/mol. The van der Waals surface area contributed by atoms with E-state index in [1.54, 1.807) is 0 Å². The van der Waals surface area contributed by atoms with E-state index in [1.165, 1.54) is 22.3 Å². The Bertz CT molecular complexity index is 2590. The predicted octanol–water partition coefficient (Wildman–Crippen LogP) is 14.2. The molecule has 0 aliphatic rings. The summed E-state index contributed by atoms with van der Waals surface area (Å²) in [6, 6.07) is 75.1. The maximum absolute atomic E-state index is 6.66. The van der Waals surface area contributed by atoms with Crippen LogP contribution in [-0.2, 0) is 0 Å². The third-order valence-corrected chi connectivity index (χ3v) is 9.71. The molecule has 0 saturated heterocycles. The first kappa shape index (κ1) is 31.1. The molecular weight excluding hydrogens is 631 g/mol. The van der Waals surface area contributed by atoms with Gasteiger partial charge in [-0.3, -0.25) is 0 Å². The molecule has 0 amide bonds. The Balaban J connectivity index is 1.17. The fourth-order valence-electron chi connectivity index (χ4n) is 7.17. The topological polar surface area (TPSA) is 16.4 Å². The SMILES string of the molecule is c1ccc(-c2ccc(-c3ccc(N(c4cccc(-c5oc6ccccc6c5-c5ccccc5)c4)c4ccccc4-c4ccccc4)cc3)cc2)cc1. The lowest BCUT2D eigenvalue weighted by Gasteiger charge is -2.28. The van der Waals surface area contributed by atoms with Gasteiger partial charge in [-0.1, -0.05) is 176 Å². The van der Waals surface area contributed by atoms with Gasteiger partial charge in [0.2, 0.25) is 0 Å². The van der Waals surface area contributed by atoms with Gasteiger partial charge in [0, 0.05) is 33.5 Å². The molecule has 0 radical (unpaired) electrons. The molecular formula is C50H35NO. The summed E-state index contributed by atoms with van der Waals surface area (Å²) in [6.45, 7) is 0. The summed E-state index contributed by atoms with van der Waals surface area (Å²) in [5, 5.41) is 1.10. The minimum Gasteiger partial charge on any atom is -0.455 e. The molecule has 9 rings (SSSR count). The van der Waals surface area contributed by atoms with Crippen molar-refractivity contribution >= 4 is 28.0 Å². The van der Waals surface area contributed by atoms with Crippen LogP contribution in [0.5, 0.6) is 0 Å². The van der Waals surface area contributed by atoms with Crippen molar-refractivity contribution < 1.29 is 4.42 Å². The van der Waals surface area contributed by atoms with E-state index in [4.69, 9.17) is 4.42 Å². The molecule has 8 aromatic carbocycles. The van der Waals surface area contributed by atoms with Gasteiger partial charge < -0.3 is 9.32 Å². The average Bonchev–Trinajstić information content (AvgIpc) is 3.63. The molecule has 0 atom stereocenters. The van der Waals surface area contributed by atoms with Gasteiger partial charge in [0.25, 0.3) is 0 Å². The number of para-hydroxylation sites is 2. The second-order valence-corrected chi connectivity index (χ2v) is 12.9. The molecule has 0 bridgehead atoms. The predicted molar refractivity (Wildman–Crippen MR) is 218 cm³/mol. The maximum atomic E-state index is 6.66. The third-order valence-electron chi connectivity index (χ3n) is 9.71. The number of rotatable bonds is 8. The van der Waals surface area contributed by atoms with Gasteiger partial charge in [-0.15, -0.1) is 0 Å². The van der Waals surface area contributed by atoms with Gasteiger partial charge in [0.1, 0.15) is 11.3 Å². The fourth-order valence-corrected chi connectivity index (χ4v) is 7.17. The van der Waals surface area contributed by atoms with E-state index in [-0.39, 0.29) is 0 Å². The summed E-state index contributed by atoms with van der Waals surface area (Å²) in [4.78, 5) is 2.36. The summed E-state index contributed by atoms with van der Waals surface area (Å²) in [5.41, 5.74) is 14.4. The van der Waals surface area contributed by atoms with Crippen LogP contribution in [0.4, 0.5) is 17.1 Å².